The third-order valence-corrected chi connectivity index (χ3v) is 7.59. The van der Waals surface area contributed by atoms with Crippen LogP contribution in [0.5, 0.6) is 0 Å². The van der Waals surface area contributed by atoms with Gasteiger partial charge in [0, 0.05) is 50.3 Å². The fraction of sp³-hybridized carbons (Fsp3) is 0.704. The number of aliphatic hydroxyl groups is 1. The molecule has 10 heteroatoms. The van der Waals surface area contributed by atoms with Gasteiger partial charge in [0.1, 0.15) is 5.82 Å². The van der Waals surface area contributed by atoms with E-state index in [9.17, 15) is 14.7 Å². The summed E-state index contributed by atoms with van der Waals surface area (Å²) in [6, 6.07) is 4.58. The van der Waals surface area contributed by atoms with E-state index in [1.807, 2.05) is 0 Å². The van der Waals surface area contributed by atoms with Gasteiger partial charge in [0.15, 0.2) is 0 Å². The molecule has 3 amide bonds. The number of nitrogens with zero attached hydrogens (tertiary/aromatic N) is 1. The normalized spacial score (nSPS) is 22.6. The number of hydrogen-bond acceptors (Lipinski definition) is 6. The zero-order valence-corrected chi connectivity index (χ0v) is 22.1. The molecule has 4 unspecified atom stereocenters. The third kappa shape index (κ3) is 8.02. The molecule has 0 bridgehead atoms. The van der Waals surface area contributed by atoms with Gasteiger partial charge in [-0.1, -0.05) is 18.2 Å². The molecule has 4 atom stereocenters. The summed E-state index contributed by atoms with van der Waals surface area (Å²) in [5, 5.41) is 17.5. The number of piperidine rings is 1. The minimum Gasteiger partial charge on any atom is -0.453 e. The highest BCUT2D eigenvalue weighted by Crippen LogP contribution is 2.41. The standard InChI is InChI=1S/C27H43FN4O5/c1-19-8-5-11-23(24(19)28)27(35,12-7-13-30-26(34)36-2)20-9-6-14-32(18-20)25(33)31-17-21(29)16-22-10-3-4-15-37-22/h5,8,11,20-22,35H,3-4,6-7,9-10,12-18,29H2,1-2H3,(H,30,34)(H,31,33). The second-order valence-corrected chi connectivity index (χ2v) is 10.3. The maximum absolute atomic E-state index is 15.2. The van der Waals surface area contributed by atoms with Gasteiger partial charge in [-0.2, -0.15) is 0 Å². The molecular weight excluding hydrogens is 479 g/mol. The van der Waals surface area contributed by atoms with Crippen LogP contribution in [0, 0.1) is 18.7 Å². The molecule has 0 radical (unpaired) electrons. The molecule has 2 saturated heterocycles. The zero-order valence-electron chi connectivity index (χ0n) is 22.1. The smallest absolute Gasteiger partial charge is 0.406 e. The second-order valence-electron chi connectivity index (χ2n) is 10.3. The van der Waals surface area contributed by atoms with Crippen molar-refractivity contribution in [3.63, 3.8) is 0 Å². The van der Waals surface area contributed by atoms with E-state index in [4.69, 9.17) is 10.5 Å². The molecule has 9 nitrogen and oxygen atoms in total. The number of urea groups is 1. The van der Waals surface area contributed by atoms with Crippen molar-refractivity contribution < 1.29 is 28.6 Å². The van der Waals surface area contributed by atoms with Crippen LogP contribution >= 0.6 is 0 Å². The Labute approximate surface area is 219 Å². The maximum atomic E-state index is 15.2. The number of alkyl carbamates (subject to hydrolysis) is 1. The molecule has 1 aromatic rings. The fourth-order valence-electron chi connectivity index (χ4n) is 5.46. The number of benzene rings is 1. The monoisotopic (exact) mass is 522 g/mol. The number of aryl methyl sites for hydroxylation is 1. The summed E-state index contributed by atoms with van der Waals surface area (Å²) in [5.74, 6) is -0.811. The van der Waals surface area contributed by atoms with E-state index in [0.717, 1.165) is 25.9 Å². The lowest BCUT2D eigenvalue weighted by atomic mass is 9.73. The summed E-state index contributed by atoms with van der Waals surface area (Å²) >= 11 is 0. The number of carbonyl (C=O) groups is 2. The molecule has 2 aliphatic rings. The van der Waals surface area contributed by atoms with Crippen molar-refractivity contribution in [3.05, 3.63) is 35.1 Å². The number of nitrogens with one attached hydrogen (secondary N) is 2. The molecule has 2 aliphatic heterocycles. The summed E-state index contributed by atoms with van der Waals surface area (Å²) in [4.78, 5) is 26.1. The molecule has 37 heavy (non-hydrogen) atoms. The lowest BCUT2D eigenvalue weighted by molar-refractivity contribution is -0.0576. The van der Waals surface area contributed by atoms with Crippen LogP contribution in [-0.4, -0.2) is 74.2 Å². The SMILES string of the molecule is COC(=O)NCCCC(O)(c1cccc(C)c1F)C1CCCN(C(=O)NCC(N)CC2CCCCO2)C1. The number of carbonyl (C=O) groups excluding carboxylic acids is 2. The van der Waals surface area contributed by atoms with Crippen molar-refractivity contribution in [1.82, 2.24) is 15.5 Å². The van der Waals surface area contributed by atoms with E-state index in [1.54, 1.807) is 30.0 Å². The van der Waals surface area contributed by atoms with E-state index < -0.39 is 17.5 Å². The lowest BCUT2D eigenvalue weighted by Gasteiger charge is -2.43. The number of nitrogens with two attached hydrogens (primary N) is 1. The van der Waals surface area contributed by atoms with Crippen LogP contribution < -0.4 is 16.4 Å². The van der Waals surface area contributed by atoms with E-state index in [1.165, 1.54) is 7.11 Å². The topological polar surface area (TPSA) is 126 Å². The quantitative estimate of drug-likeness (QED) is 0.350. The first kappa shape index (κ1) is 29.1. The highest BCUT2D eigenvalue weighted by Gasteiger charge is 2.43. The van der Waals surface area contributed by atoms with Gasteiger partial charge in [-0.25, -0.2) is 14.0 Å². The van der Waals surface area contributed by atoms with Crippen LogP contribution in [0.15, 0.2) is 18.2 Å². The van der Waals surface area contributed by atoms with Crippen molar-refractivity contribution in [2.75, 3.05) is 39.9 Å². The van der Waals surface area contributed by atoms with Crippen molar-refractivity contribution >= 4 is 12.1 Å². The lowest BCUT2D eigenvalue weighted by Crippen LogP contribution is -2.52. The largest absolute Gasteiger partial charge is 0.453 e. The second kappa shape index (κ2) is 13.9. The predicted molar refractivity (Wildman–Crippen MR) is 139 cm³/mol. The van der Waals surface area contributed by atoms with Gasteiger partial charge in [0.25, 0.3) is 0 Å². The zero-order chi connectivity index (χ0) is 26.8. The van der Waals surface area contributed by atoms with E-state index >= 15 is 4.39 Å². The highest BCUT2D eigenvalue weighted by molar-refractivity contribution is 5.74. The number of halogens is 1. The predicted octanol–water partition coefficient (Wildman–Crippen LogP) is 3.17. The average Bonchev–Trinajstić information content (AvgIpc) is 2.91. The van der Waals surface area contributed by atoms with Crippen molar-refractivity contribution in [3.8, 4) is 0 Å². The summed E-state index contributed by atoms with van der Waals surface area (Å²) in [6.45, 7) is 3.90. The minimum atomic E-state index is -1.50. The van der Waals surface area contributed by atoms with Crippen LogP contribution in [0.2, 0.25) is 0 Å². The van der Waals surface area contributed by atoms with Gasteiger partial charge in [0.05, 0.1) is 18.8 Å². The Kier molecular flexibility index (Phi) is 11.0. The van der Waals surface area contributed by atoms with Gasteiger partial charge >= 0.3 is 12.1 Å². The molecule has 0 aliphatic carbocycles. The first-order chi connectivity index (χ1) is 17.7. The van der Waals surface area contributed by atoms with Crippen molar-refractivity contribution in [2.24, 2.45) is 11.7 Å². The Balaban J connectivity index is 1.64. The van der Waals surface area contributed by atoms with Gasteiger partial charge in [-0.05, 0) is 63.9 Å². The van der Waals surface area contributed by atoms with Gasteiger partial charge < -0.3 is 35.8 Å². The minimum absolute atomic E-state index is 0.146. The Morgan fingerprint density at radius 1 is 1.30 bits per heavy atom. The molecule has 2 heterocycles. The molecule has 208 valence electrons. The van der Waals surface area contributed by atoms with Crippen LogP contribution in [0.1, 0.15) is 62.5 Å². The van der Waals surface area contributed by atoms with E-state index in [-0.39, 0.29) is 42.6 Å². The molecule has 0 spiro atoms. The van der Waals surface area contributed by atoms with Crippen LogP contribution in [0.3, 0.4) is 0 Å². The van der Waals surface area contributed by atoms with Gasteiger partial charge in [0.2, 0.25) is 0 Å². The van der Waals surface area contributed by atoms with Crippen LogP contribution in [-0.2, 0) is 15.1 Å². The average molecular weight is 523 g/mol. The first-order valence-electron chi connectivity index (χ1n) is 13.4. The maximum Gasteiger partial charge on any atom is 0.406 e. The number of methoxy groups -OCH3 is 1. The highest BCUT2D eigenvalue weighted by atomic mass is 19.1. The summed E-state index contributed by atoms with van der Waals surface area (Å²) in [5.41, 5.74) is 5.43. The molecular formula is C27H43FN4O5. The van der Waals surface area contributed by atoms with Crippen molar-refractivity contribution in [2.45, 2.75) is 76.0 Å². The van der Waals surface area contributed by atoms with Gasteiger partial charge in [-0.15, -0.1) is 0 Å². The number of hydrogen-bond donors (Lipinski definition) is 4. The third-order valence-electron chi connectivity index (χ3n) is 7.59. The molecule has 1 aromatic carbocycles. The molecule has 0 saturated carbocycles. The molecule has 5 N–H and O–H groups in total. The number of likely N-dealkylation sites (tertiary alicyclic amines) is 1. The molecule has 0 aromatic heterocycles. The Bertz CT molecular complexity index is 898. The number of amides is 3. The fourth-order valence-corrected chi connectivity index (χ4v) is 5.46. The van der Waals surface area contributed by atoms with Crippen LogP contribution in [0.4, 0.5) is 14.0 Å². The van der Waals surface area contributed by atoms with Crippen molar-refractivity contribution in [1.29, 1.82) is 0 Å². The Morgan fingerprint density at radius 2 is 2.11 bits per heavy atom. The number of ether oxygens (including phenoxy) is 2. The molecule has 2 fully saturated rings. The number of rotatable bonds is 10. The van der Waals surface area contributed by atoms with Gasteiger partial charge in [-0.3, -0.25) is 0 Å². The Hall–Kier alpha value is -2.43. The summed E-state index contributed by atoms with van der Waals surface area (Å²) in [6.07, 6.45) is 5.50. The van der Waals surface area contributed by atoms with E-state index in [0.29, 0.717) is 50.9 Å². The Morgan fingerprint density at radius 3 is 2.84 bits per heavy atom. The van der Waals surface area contributed by atoms with Crippen LogP contribution in [0.25, 0.3) is 0 Å². The molecule has 3 rings (SSSR count). The summed E-state index contributed by atoms with van der Waals surface area (Å²) < 4.78 is 25.6. The first-order valence-corrected chi connectivity index (χ1v) is 13.4. The summed E-state index contributed by atoms with van der Waals surface area (Å²) in [7, 11) is 1.28. The van der Waals surface area contributed by atoms with E-state index in [2.05, 4.69) is 15.4 Å².